The van der Waals surface area contributed by atoms with Crippen molar-refractivity contribution in [2.45, 2.75) is 6.54 Å². The summed E-state index contributed by atoms with van der Waals surface area (Å²) in [7, 11) is 1.48. The van der Waals surface area contributed by atoms with E-state index in [2.05, 4.69) is 20.5 Å². The van der Waals surface area contributed by atoms with Crippen molar-refractivity contribution in [1.29, 1.82) is 0 Å². The van der Waals surface area contributed by atoms with Crippen LogP contribution in [0.15, 0.2) is 39.0 Å². The first-order valence-corrected chi connectivity index (χ1v) is 7.40. The lowest BCUT2D eigenvalue weighted by atomic mass is 10.2. The molecular weight excluding hydrogens is 328 g/mol. The van der Waals surface area contributed by atoms with Gasteiger partial charge in [-0.1, -0.05) is 12.1 Å². The molecule has 130 valence electrons. The third-order valence-corrected chi connectivity index (χ3v) is 3.64. The highest BCUT2D eigenvalue weighted by Crippen LogP contribution is 2.16. The van der Waals surface area contributed by atoms with E-state index in [1.54, 1.807) is 18.2 Å². The molecule has 2 heterocycles. The Kier molecular flexibility index (Phi) is 4.35. The molecule has 0 spiro atoms. The largest absolute Gasteiger partial charge is 0.507 e. The number of H-pyrrole nitrogens is 1. The Morgan fingerprint density at radius 3 is 2.84 bits per heavy atom. The number of aromatic nitrogens is 4. The average molecular weight is 344 g/mol. The van der Waals surface area contributed by atoms with Crippen LogP contribution in [0.1, 0.15) is 5.56 Å². The quantitative estimate of drug-likeness (QED) is 0.366. The van der Waals surface area contributed by atoms with E-state index in [0.29, 0.717) is 5.56 Å². The molecule has 25 heavy (non-hydrogen) atoms. The van der Waals surface area contributed by atoms with Gasteiger partial charge in [-0.3, -0.25) is 14.3 Å². The van der Waals surface area contributed by atoms with Crippen LogP contribution >= 0.6 is 0 Å². The number of nitrogens with one attached hydrogen (secondary N) is 2. The lowest BCUT2D eigenvalue weighted by Crippen LogP contribution is -2.29. The fourth-order valence-electron chi connectivity index (χ4n) is 2.39. The van der Waals surface area contributed by atoms with Crippen molar-refractivity contribution in [3.63, 3.8) is 0 Å². The van der Waals surface area contributed by atoms with Gasteiger partial charge in [0.15, 0.2) is 11.2 Å². The highest BCUT2D eigenvalue weighted by molar-refractivity contribution is 5.83. The van der Waals surface area contributed by atoms with E-state index in [1.807, 2.05) is 0 Å². The molecule has 3 aromatic rings. The topological polar surface area (TPSA) is 138 Å². The molecule has 0 fully saturated rings. The van der Waals surface area contributed by atoms with Crippen LogP contribution in [0.2, 0.25) is 0 Å². The minimum absolute atomic E-state index is 0.0655. The zero-order valence-electron chi connectivity index (χ0n) is 13.3. The van der Waals surface area contributed by atoms with Crippen LogP contribution < -0.4 is 16.7 Å². The van der Waals surface area contributed by atoms with Crippen molar-refractivity contribution in [1.82, 2.24) is 19.1 Å². The number of aliphatic hydroxyl groups is 1. The van der Waals surface area contributed by atoms with E-state index in [4.69, 9.17) is 0 Å². The number of hydrogen-bond donors (Lipinski definition) is 4. The van der Waals surface area contributed by atoms with Crippen molar-refractivity contribution in [3.8, 4) is 5.75 Å². The molecule has 1 aromatic carbocycles. The summed E-state index contributed by atoms with van der Waals surface area (Å²) in [5, 5.41) is 22.9. The van der Waals surface area contributed by atoms with Crippen LogP contribution in [0.25, 0.3) is 11.2 Å². The monoisotopic (exact) mass is 344 g/mol. The number of nitrogens with zero attached hydrogens (tertiary/aromatic N) is 4. The van der Waals surface area contributed by atoms with Crippen molar-refractivity contribution < 1.29 is 10.2 Å². The number of hydrogen-bond acceptors (Lipinski definition) is 7. The summed E-state index contributed by atoms with van der Waals surface area (Å²) in [5.74, 6) is 0.248. The Labute approximate surface area is 140 Å². The van der Waals surface area contributed by atoms with Crippen LogP contribution in [0.4, 0.5) is 5.95 Å². The molecule has 0 bridgehead atoms. The number of aryl methyl sites for hydroxylation is 1. The lowest BCUT2D eigenvalue weighted by molar-refractivity contribution is 0.278. The number of imidazole rings is 1. The van der Waals surface area contributed by atoms with Gasteiger partial charge in [-0.2, -0.15) is 10.1 Å². The molecule has 4 N–H and O–H groups in total. The number of aliphatic hydroxyl groups excluding tert-OH is 1. The van der Waals surface area contributed by atoms with Gasteiger partial charge in [0.05, 0.1) is 12.8 Å². The highest BCUT2D eigenvalue weighted by atomic mass is 16.3. The van der Waals surface area contributed by atoms with Crippen molar-refractivity contribution in [2.75, 3.05) is 12.0 Å². The fourth-order valence-corrected chi connectivity index (χ4v) is 2.39. The lowest BCUT2D eigenvalue weighted by Gasteiger charge is -2.05. The Morgan fingerprint density at radius 2 is 2.12 bits per heavy atom. The first-order valence-electron chi connectivity index (χ1n) is 7.40. The number of anilines is 1. The minimum atomic E-state index is -0.600. The van der Waals surface area contributed by atoms with E-state index in [1.165, 1.54) is 28.5 Å². The molecule has 10 heteroatoms. The summed E-state index contributed by atoms with van der Waals surface area (Å²) in [5.41, 5.74) is 2.29. The second kappa shape index (κ2) is 6.61. The van der Waals surface area contributed by atoms with Gasteiger partial charge in [0.2, 0.25) is 5.95 Å². The van der Waals surface area contributed by atoms with E-state index in [9.17, 15) is 19.8 Å². The normalized spacial score (nSPS) is 11.4. The number of rotatable bonds is 5. The maximum absolute atomic E-state index is 12.1. The van der Waals surface area contributed by atoms with Gasteiger partial charge in [0.1, 0.15) is 5.75 Å². The second-order valence-corrected chi connectivity index (χ2v) is 5.23. The van der Waals surface area contributed by atoms with E-state index in [0.717, 1.165) is 0 Å². The average Bonchev–Trinajstić information content (AvgIpc) is 2.94. The van der Waals surface area contributed by atoms with Gasteiger partial charge in [0, 0.05) is 19.2 Å². The number of hydrazone groups is 1. The van der Waals surface area contributed by atoms with Gasteiger partial charge >= 0.3 is 5.69 Å². The summed E-state index contributed by atoms with van der Waals surface area (Å²) in [6.45, 7) is -0.141. The van der Waals surface area contributed by atoms with E-state index < -0.39 is 11.2 Å². The molecule has 0 saturated heterocycles. The van der Waals surface area contributed by atoms with Crippen molar-refractivity contribution in [3.05, 3.63) is 50.7 Å². The van der Waals surface area contributed by atoms with E-state index in [-0.39, 0.29) is 36.0 Å². The molecule has 0 amide bonds. The number of phenolic OH excluding ortho intramolecular Hbond substituents is 1. The number of benzene rings is 1. The number of fused-ring (bicyclic) bond motifs is 1. The van der Waals surface area contributed by atoms with Gasteiger partial charge in [-0.05, 0) is 12.1 Å². The zero-order valence-corrected chi connectivity index (χ0v) is 13.3. The highest BCUT2D eigenvalue weighted by Gasteiger charge is 2.16. The predicted molar refractivity (Wildman–Crippen MR) is 92.0 cm³/mol. The SMILES string of the molecule is Cn1c(=O)[nH]c(=O)c2c1nc(N/N=C\c1ccccc1O)n2CCO. The molecular formula is C15H16N6O4. The molecule has 0 aliphatic carbocycles. The number of aromatic hydroxyl groups is 1. The molecule has 0 aliphatic rings. The number of para-hydroxylation sites is 1. The minimum Gasteiger partial charge on any atom is -0.507 e. The Balaban J connectivity index is 2.04. The third-order valence-electron chi connectivity index (χ3n) is 3.64. The molecule has 2 aromatic heterocycles. The first-order chi connectivity index (χ1) is 12.0. The van der Waals surface area contributed by atoms with E-state index >= 15 is 0 Å². The van der Waals surface area contributed by atoms with Crippen LogP contribution in [0.5, 0.6) is 5.75 Å². The zero-order chi connectivity index (χ0) is 18.0. The second-order valence-electron chi connectivity index (χ2n) is 5.23. The molecule has 0 radical (unpaired) electrons. The van der Waals surface area contributed by atoms with Gasteiger partial charge in [-0.15, -0.1) is 0 Å². The number of aromatic amines is 1. The van der Waals surface area contributed by atoms with Crippen LogP contribution in [-0.4, -0.2) is 42.1 Å². The predicted octanol–water partition coefficient (Wildman–Crippen LogP) is -0.433. The van der Waals surface area contributed by atoms with Gasteiger partial charge < -0.3 is 14.8 Å². The van der Waals surface area contributed by atoms with Gasteiger partial charge in [0.25, 0.3) is 5.56 Å². The maximum atomic E-state index is 12.1. The Morgan fingerprint density at radius 1 is 1.36 bits per heavy atom. The molecule has 0 aliphatic heterocycles. The molecule has 10 nitrogen and oxygen atoms in total. The summed E-state index contributed by atoms with van der Waals surface area (Å²) >= 11 is 0. The summed E-state index contributed by atoms with van der Waals surface area (Å²) in [6.07, 6.45) is 1.39. The Hall–Kier alpha value is -3.40. The van der Waals surface area contributed by atoms with Crippen molar-refractivity contribution in [2.24, 2.45) is 12.1 Å². The summed E-state index contributed by atoms with van der Waals surface area (Å²) in [6, 6.07) is 6.63. The standard InChI is InChI=1S/C15H16N6O4/c1-20-12-11(13(24)18-15(20)25)21(6-7-22)14(17-12)19-16-8-9-4-2-3-5-10(9)23/h2-5,8,22-23H,6-7H2,1H3,(H,17,19)(H,18,24,25)/b16-8-. The van der Waals surface area contributed by atoms with Gasteiger partial charge in [-0.25, -0.2) is 10.2 Å². The third kappa shape index (κ3) is 3.02. The van der Waals surface area contributed by atoms with Crippen LogP contribution in [0, 0.1) is 0 Å². The smallest absolute Gasteiger partial charge is 0.329 e. The molecule has 3 rings (SSSR count). The van der Waals surface area contributed by atoms with Crippen molar-refractivity contribution >= 4 is 23.3 Å². The van der Waals surface area contributed by atoms with Crippen LogP contribution in [-0.2, 0) is 13.6 Å². The summed E-state index contributed by atoms with van der Waals surface area (Å²) < 4.78 is 2.62. The Bertz CT molecular complexity index is 1060. The molecule has 0 atom stereocenters. The maximum Gasteiger partial charge on any atom is 0.329 e. The molecule has 0 unspecified atom stereocenters. The first kappa shape index (κ1) is 16.5. The number of phenols is 1. The fraction of sp³-hybridized carbons (Fsp3) is 0.200. The summed E-state index contributed by atoms with van der Waals surface area (Å²) in [4.78, 5) is 30.2. The van der Waals surface area contributed by atoms with Crippen LogP contribution in [0.3, 0.4) is 0 Å². The molecule has 0 saturated carbocycles.